The molecular weight excluding hydrogens is 316 g/mol. The number of amides is 1. The number of carboxylic acids is 1. The fourth-order valence-corrected chi connectivity index (χ4v) is 3.29. The number of thiazole rings is 1. The molecule has 1 aliphatic rings. The quantitative estimate of drug-likeness (QED) is 0.847. The number of carbonyl (C=O) groups excluding carboxylic acids is 1. The van der Waals surface area contributed by atoms with Crippen LogP contribution in [0.3, 0.4) is 0 Å². The molecule has 1 saturated carbocycles. The third-order valence-corrected chi connectivity index (χ3v) is 4.70. The molecule has 2 aromatic rings. The molecule has 3 rings (SSSR count). The van der Waals surface area contributed by atoms with Gasteiger partial charge in [0.25, 0.3) is 0 Å². The van der Waals surface area contributed by atoms with Gasteiger partial charge in [-0.2, -0.15) is 0 Å². The van der Waals surface area contributed by atoms with E-state index in [4.69, 9.17) is 9.84 Å². The average molecular weight is 332 g/mol. The summed E-state index contributed by atoms with van der Waals surface area (Å²) in [5, 5.41) is 13.7. The van der Waals surface area contributed by atoms with Crippen molar-refractivity contribution in [2.45, 2.75) is 18.9 Å². The van der Waals surface area contributed by atoms with Crippen molar-refractivity contribution >= 4 is 23.2 Å². The summed E-state index contributed by atoms with van der Waals surface area (Å²) in [6, 6.07) is 7.72. The highest BCUT2D eigenvalue weighted by Crippen LogP contribution is 2.50. The number of benzene rings is 1. The molecule has 120 valence electrons. The first-order valence-electron chi connectivity index (χ1n) is 7.18. The zero-order valence-electron chi connectivity index (χ0n) is 12.5. The van der Waals surface area contributed by atoms with Gasteiger partial charge >= 0.3 is 5.97 Å². The minimum atomic E-state index is -1.06. The van der Waals surface area contributed by atoms with E-state index in [9.17, 15) is 9.59 Å². The van der Waals surface area contributed by atoms with Gasteiger partial charge in [0.05, 0.1) is 13.7 Å². The lowest BCUT2D eigenvalue weighted by Crippen LogP contribution is -2.24. The Morgan fingerprint density at radius 2 is 2.22 bits per heavy atom. The molecule has 0 aliphatic heterocycles. The summed E-state index contributed by atoms with van der Waals surface area (Å²) in [5.41, 5.74) is 1.06. The molecule has 1 amide bonds. The smallest absolute Gasteiger partial charge is 0.355 e. The number of methoxy groups -OCH3 is 1. The highest BCUT2D eigenvalue weighted by molar-refractivity contribution is 7.09. The van der Waals surface area contributed by atoms with E-state index in [0.717, 1.165) is 17.7 Å². The number of carboxylic acid groups (broad SMARTS) is 1. The number of aromatic nitrogens is 1. The Labute approximate surface area is 137 Å². The maximum atomic E-state index is 12.2. The van der Waals surface area contributed by atoms with Crippen molar-refractivity contribution in [2.75, 3.05) is 7.11 Å². The molecule has 1 aromatic heterocycles. The number of hydrogen-bond donors (Lipinski definition) is 2. The second-order valence-electron chi connectivity index (χ2n) is 5.34. The van der Waals surface area contributed by atoms with Gasteiger partial charge in [0, 0.05) is 11.3 Å². The molecule has 0 saturated heterocycles. The van der Waals surface area contributed by atoms with E-state index in [1.54, 1.807) is 7.11 Å². The zero-order valence-corrected chi connectivity index (χ0v) is 13.3. The van der Waals surface area contributed by atoms with Crippen molar-refractivity contribution in [3.8, 4) is 5.75 Å². The van der Waals surface area contributed by atoms with Gasteiger partial charge in [0.1, 0.15) is 10.8 Å². The van der Waals surface area contributed by atoms with Gasteiger partial charge < -0.3 is 15.2 Å². The Bertz CT molecular complexity index is 743. The van der Waals surface area contributed by atoms with Gasteiger partial charge in [-0.15, -0.1) is 11.3 Å². The number of nitrogens with zero attached hydrogens (tertiary/aromatic N) is 1. The lowest BCUT2D eigenvalue weighted by Gasteiger charge is -2.07. The summed E-state index contributed by atoms with van der Waals surface area (Å²) in [5.74, 6) is -0.175. The Kier molecular flexibility index (Phi) is 4.29. The first-order valence-corrected chi connectivity index (χ1v) is 8.06. The molecule has 2 atom stereocenters. The maximum Gasteiger partial charge on any atom is 0.355 e. The van der Waals surface area contributed by atoms with Crippen molar-refractivity contribution < 1.29 is 19.4 Å². The maximum absolute atomic E-state index is 12.2. The largest absolute Gasteiger partial charge is 0.496 e. The molecule has 1 fully saturated rings. The summed E-state index contributed by atoms with van der Waals surface area (Å²) < 4.78 is 5.33. The number of rotatable bonds is 6. The van der Waals surface area contributed by atoms with Crippen molar-refractivity contribution in [2.24, 2.45) is 5.92 Å². The van der Waals surface area contributed by atoms with E-state index >= 15 is 0 Å². The Morgan fingerprint density at radius 1 is 1.43 bits per heavy atom. The van der Waals surface area contributed by atoms with Crippen LogP contribution in [0.25, 0.3) is 0 Å². The lowest BCUT2D eigenvalue weighted by molar-refractivity contribution is -0.122. The zero-order chi connectivity index (χ0) is 16.4. The number of aromatic carboxylic acids is 1. The van der Waals surface area contributed by atoms with Gasteiger partial charge in [-0.1, -0.05) is 18.2 Å². The van der Waals surface area contributed by atoms with Crippen LogP contribution in [0.1, 0.15) is 33.4 Å². The van der Waals surface area contributed by atoms with Crippen LogP contribution in [-0.2, 0) is 11.3 Å². The fraction of sp³-hybridized carbons (Fsp3) is 0.312. The summed E-state index contributed by atoms with van der Waals surface area (Å²) in [7, 11) is 1.62. The molecule has 2 N–H and O–H groups in total. The predicted octanol–water partition coefficient (Wildman–Crippen LogP) is 2.27. The molecule has 6 nitrogen and oxygen atoms in total. The average Bonchev–Trinajstić information content (AvgIpc) is 3.21. The number of ether oxygens (including phenoxy) is 1. The molecule has 0 bridgehead atoms. The standard InChI is InChI=1S/C16H16N2O4S/c1-22-13-5-3-2-4-9(13)10-6-11(10)15(19)17-7-14-18-12(8-23-14)16(20)21/h2-5,8,10-11H,6-7H2,1H3,(H,17,19)(H,20,21)/t10-,11+/m0/s1. The van der Waals surface area contributed by atoms with E-state index in [0.29, 0.717) is 5.01 Å². The van der Waals surface area contributed by atoms with Gasteiger partial charge in [0.15, 0.2) is 5.69 Å². The van der Waals surface area contributed by atoms with Crippen LogP contribution in [0.5, 0.6) is 5.75 Å². The van der Waals surface area contributed by atoms with E-state index in [-0.39, 0.29) is 30.0 Å². The van der Waals surface area contributed by atoms with Crippen LogP contribution in [0.15, 0.2) is 29.6 Å². The Hall–Kier alpha value is -2.41. The first-order chi connectivity index (χ1) is 11.1. The van der Waals surface area contributed by atoms with E-state index in [1.807, 2.05) is 24.3 Å². The van der Waals surface area contributed by atoms with Crippen LogP contribution in [-0.4, -0.2) is 29.1 Å². The number of carbonyl (C=O) groups is 2. The fourth-order valence-electron chi connectivity index (χ4n) is 2.59. The van der Waals surface area contributed by atoms with E-state index in [2.05, 4.69) is 10.3 Å². The van der Waals surface area contributed by atoms with Gasteiger partial charge in [-0.25, -0.2) is 9.78 Å². The normalized spacial score (nSPS) is 19.2. The third kappa shape index (κ3) is 3.34. The van der Waals surface area contributed by atoms with Crippen LogP contribution >= 0.6 is 11.3 Å². The predicted molar refractivity (Wildman–Crippen MR) is 84.8 cm³/mol. The molecule has 0 radical (unpaired) electrons. The Balaban J connectivity index is 1.57. The summed E-state index contributed by atoms with van der Waals surface area (Å²) >= 11 is 1.23. The molecular formula is C16H16N2O4S. The first kappa shape index (κ1) is 15.5. The van der Waals surface area contributed by atoms with Gasteiger partial charge in [-0.05, 0) is 24.0 Å². The Morgan fingerprint density at radius 3 is 2.91 bits per heavy atom. The van der Waals surface area contributed by atoms with Crippen LogP contribution in [0, 0.1) is 5.92 Å². The monoisotopic (exact) mass is 332 g/mol. The molecule has 0 spiro atoms. The minimum Gasteiger partial charge on any atom is -0.496 e. The molecule has 0 unspecified atom stereocenters. The van der Waals surface area contributed by atoms with Crippen molar-refractivity contribution in [3.05, 3.63) is 45.9 Å². The number of para-hydroxylation sites is 1. The van der Waals surface area contributed by atoms with E-state index < -0.39 is 5.97 Å². The van der Waals surface area contributed by atoms with Crippen LogP contribution in [0.4, 0.5) is 0 Å². The van der Waals surface area contributed by atoms with Crippen molar-refractivity contribution in [1.82, 2.24) is 10.3 Å². The lowest BCUT2D eigenvalue weighted by atomic mass is 10.1. The second-order valence-corrected chi connectivity index (χ2v) is 6.28. The SMILES string of the molecule is COc1ccccc1[C@@H]1C[C@H]1C(=O)NCc1nc(C(=O)O)cs1. The van der Waals surface area contributed by atoms with Gasteiger partial charge in [-0.3, -0.25) is 4.79 Å². The van der Waals surface area contributed by atoms with E-state index in [1.165, 1.54) is 16.7 Å². The summed E-state index contributed by atoms with van der Waals surface area (Å²) in [6.45, 7) is 0.256. The topological polar surface area (TPSA) is 88.5 Å². The molecule has 7 heteroatoms. The number of hydrogen-bond acceptors (Lipinski definition) is 5. The highest BCUT2D eigenvalue weighted by Gasteiger charge is 2.45. The summed E-state index contributed by atoms with van der Waals surface area (Å²) in [6.07, 6.45) is 0.796. The van der Waals surface area contributed by atoms with Crippen LogP contribution < -0.4 is 10.1 Å². The van der Waals surface area contributed by atoms with Gasteiger partial charge in [0.2, 0.25) is 5.91 Å². The third-order valence-electron chi connectivity index (χ3n) is 3.85. The number of nitrogens with one attached hydrogen (secondary N) is 1. The minimum absolute atomic E-state index is 0.0116. The molecule has 23 heavy (non-hydrogen) atoms. The van der Waals surface area contributed by atoms with Crippen molar-refractivity contribution in [1.29, 1.82) is 0 Å². The molecule has 1 heterocycles. The second kappa shape index (κ2) is 6.37. The van der Waals surface area contributed by atoms with Crippen molar-refractivity contribution in [3.63, 3.8) is 0 Å². The highest BCUT2D eigenvalue weighted by atomic mass is 32.1. The van der Waals surface area contributed by atoms with Crippen LogP contribution in [0.2, 0.25) is 0 Å². The summed E-state index contributed by atoms with van der Waals surface area (Å²) in [4.78, 5) is 26.9. The molecule has 1 aromatic carbocycles. The molecule has 1 aliphatic carbocycles.